The fraction of sp³-hybridized carbons (Fsp3) is 0.467. The Morgan fingerprint density at radius 2 is 2.06 bits per heavy atom. The molecule has 0 bridgehead atoms. The number of nitriles is 1. The third-order valence-electron chi connectivity index (χ3n) is 2.97. The summed E-state index contributed by atoms with van der Waals surface area (Å²) in [5.74, 6) is 0.0152. The first-order chi connectivity index (χ1) is 8.47. The second kappa shape index (κ2) is 6.20. The second-order valence-corrected chi connectivity index (χ2v) is 4.82. The van der Waals surface area contributed by atoms with E-state index in [0.717, 1.165) is 16.7 Å². The van der Waals surface area contributed by atoms with E-state index in [1.54, 1.807) is 4.90 Å². The topological polar surface area (TPSA) is 44.1 Å². The van der Waals surface area contributed by atoms with Crippen molar-refractivity contribution >= 4 is 5.91 Å². The maximum atomic E-state index is 12.5. The average Bonchev–Trinajstić information content (AvgIpc) is 2.32. The Balaban J connectivity index is 3.02. The predicted molar refractivity (Wildman–Crippen MR) is 72.3 cm³/mol. The maximum Gasteiger partial charge on any atom is 0.254 e. The molecule has 0 aliphatic carbocycles. The van der Waals surface area contributed by atoms with Crippen molar-refractivity contribution in [2.45, 2.75) is 40.2 Å². The lowest BCUT2D eigenvalue weighted by molar-refractivity contribution is 0.0709. The van der Waals surface area contributed by atoms with Crippen molar-refractivity contribution in [2.75, 3.05) is 6.54 Å². The summed E-state index contributed by atoms with van der Waals surface area (Å²) >= 11 is 0. The van der Waals surface area contributed by atoms with Gasteiger partial charge in [0.05, 0.1) is 12.5 Å². The normalized spacial score (nSPS) is 10.2. The SMILES string of the molecule is Cc1ccc(C)c(C(=O)N(CCC#N)C(C)C)c1. The van der Waals surface area contributed by atoms with Crippen LogP contribution in [0.25, 0.3) is 0 Å². The Morgan fingerprint density at radius 3 is 2.61 bits per heavy atom. The molecule has 0 aliphatic rings. The number of carbonyl (C=O) groups is 1. The number of amides is 1. The van der Waals surface area contributed by atoms with Crippen LogP contribution >= 0.6 is 0 Å². The van der Waals surface area contributed by atoms with Gasteiger partial charge in [-0.15, -0.1) is 0 Å². The van der Waals surface area contributed by atoms with Gasteiger partial charge < -0.3 is 4.90 Å². The van der Waals surface area contributed by atoms with Crippen LogP contribution in [0.2, 0.25) is 0 Å². The van der Waals surface area contributed by atoms with Crippen LogP contribution in [0.15, 0.2) is 18.2 Å². The highest BCUT2D eigenvalue weighted by atomic mass is 16.2. The number of aryl methyl sites for hydroxylation is 2. The maximum absolute atomic E-state index is 12.5. The summed E-state index contributed by atoms with van der Waals surface area (Å²) in [5.41, 5.74) is 2.79. The zero-order valence-corrected chi connectivity index (χ0v) is 11.5. The summed E-state index contributed by atoms with van der Waals surface area (Å²) in [7, 11) is 0. The van der Waals surface area contributed by atoms with Crippen LogP contribution in [-0.2, 0) is 0 Å². The first kappa shape index (κ1) is 14.2. The Bertz CT molecular complexity index is 472. The molecule has 0 aliphatic heterocycles. The van der Waals surface area contributed by atoms with Crippen LogP contribution in [0.4, 0.5) is 0 Å². The van der Waals surface area contributed by atoms with E-state index in [0.29, 0.717) is 13.0 Å². The molecule has 1 rings (SSSR count). The molecule has 1 aromatic carbocycles. The van der Waals surface area contributed by atoms with E-state index < -0.39 is 0 Å². The third-order valence-corrected chi connectivity index (χ3v) is 2.97. The summed E-state index contributed by atoms with van der Waals surface area (Å²) in [6, 6.07) is 8.07. The smallest absolute Gasteiger partial charge is 0.254 e. The number of hydrogen-bond acceptors (Lipinski definition) is 2. The minimum atomic E-state index is 0.0152. The van der Waals surface area contributed by atoms with Crippen LogP contribution in [0.1, 0.15) is 41.8 Å². The molecule has 1 amide bonds. The predicted octanol–water partition coefficient (Wildman–Crippen LogP) is 3.07. The van der Waals surface area contributed by atoms with Crippen molar-refractivity contribution in [2.24, 2.45) is 0 Å². The zero-order chi connectivity index (χ0) is 13.7. The number of carbonyl (C=O) groups excluding carboxylic acids is 1. The zero-order valence-electron chi connectivity index (χ0n) is 11.5. The highest BCUT2D eigenvalue weighted by Gasteiger charge is 2.19. The molecule has 0 atom stereocenters. The summed E-state index contributed by atoms with van der Waals surface area (Å²) in [5, 5.41) is 8.66. The van der Waals surface area contributed by atoms with E-state index in [1.165, 1.54) is 0 Å². The van der Waals surface area contributed by atoms with Gasteiger partial charge in [-0.25, -0.2) is 0 Å². The Labute approximate surface area is 109 Å². The number of benzene rings is 1. The van der Waals surface area contributed by atoms with Gasteiger partial charge in [-0.3, -0.25) is 4.79 Å². The lowest BCUT2D eigenvalue weighted by Crippen LogP contribution is -2.38. The fourth-order valence-electron chi connectivity index (χ4n) is 1.89. The summed E-state index contributed by atoms with van der Waals surface area (Å²) < 4.78 is 0. The Morgan fingerprint density at radius 1 is 1.39 bits per heavy atom. The van der Waals surface area contributed by atoms with Crippen LogP contribution in [0.5, 0.6) is 0 Å². The molecule has 0 fully saturated rings. The van der Waals surface area contributed by atoms with Gasteiger partial charge in [-0.2, -0.15) is 5.26 Å². The lowest BCUT2D eigenvalue weighted by atomic mass is 10.0. The monoisotopic (exact) mass is 244 g/mol. The molecule has 18 heavy (non-hydrogen) atoms. The van der Waals surface area contributed by atoms with Crippen molar-refractivity contribution in [3.63, 3.8) is 0 Å². The van der Waals surface area contributed by atoms with Gasteiger partial charge in [0.15, 0.2) is 0 Å². The van der Waals surface area contributed by atoms with Gasteiger partial charge in [0.2, 0.25) is 0 Å². The largest absolute Gasteiger partial charge is 0.335 e. The average molecular weight is 244 g/mol. The number of rotatable bonds is 4. The van der Waals surface area contributed by atoms with Crippen LogP contribution in [0.3, 0.4) is 0 Å². The second-order valence-electron chi connectivity index (χ2n) is 4.82. The molecule has 0 radical (unpaired) electrons. The van der Waals surface area contributed by atoms with E-state index in [9.17, 15) is 4.79 Å². The first-order valence-corrected chi connectivity index (χ1v) is 6.22. The van der Waals surface area contributed by atoms with E-state index in [1.807, 2.05) is 45.9 Å². The Kier molecular flexibility index (Phi) is 4.91. The molecule has 0 saturated carbocycles. The summed E-state index contributed by atoms with van der Waals surface area (Å²) in [4.78, 5) is 14.2. The molecule has 3 nitrogen and oxygen atoms in total. The van der Waals surface area contributed by atoms with Gasteiger partial charge >= 0.3 is 0 Å². The van der Waals surface area contributed by atoms with Crippen LogP contribution in [0, 0.1) is 25.2 Å². The fourth-order valence-corrected chi connectivity index (χ4v) is 1.89. The highest BCUT2D eigenvalue weighted by molar-refractivity contribution is 5.96. The first-order valence-electron chi connectivity index (χ1n) is 6.22. The van der Waals surface area contributed by atoms with E-state index >= 15 is 0 Å². The third kappa shape index (κ3) is 3.33. The molecule has 0 spiro atoms. The van der Waals surface area contributed by atoms with Gasteiger partial charge in [0, 0.05) is 18.2 Å². The minimum absolute atomic E-state index is 0.0152. The van der Waals surface area contributed by atoms with Crippen molar-refractivity contribution in [1.82, 2.24) is 4.90 Å². The molecule has 1 aromatic rings. The molecular weight excluding hydrogens is 224 g/mol. The van der Waals surface area contributed by atoms with Crippen LogP contribution < -0.4 is 0 Å². The Hall–Kier alpha value is -1.82. The summed E-state index contributed by atoms with van der Waals surface area (Å²) in [6.45, 7) is 8.35. The molecule has 0 N–H and O–H groups in total. The summed E-state index contributed by atoms with van der Waals surface area (Å²) in [6.07, 6.45) is 0.370. The van der Waals surface area contributed by atoms with E-state index in [2.05, 4.69) is 6.07 Å². The molecule has 0 unspecified atom stereocenters. The van der Waals surface area contributed by atoms with Crippen molar-refractivity contribution in [1.29, 1.82) is 5.26 Å². The van der Waals surface area contributed by atoms with Gasteiger partial charge in [-0.05, 0) is 39.3 Å². The van der Waals surface area contributed by atoms with E-state index in [4.69, 9.17) is 5.26 Å². The molecule has 0 heterocycles. The van der Waals surface area contributed by atoms with E-state index in [-0.39, 0.29) is 11.9 Å². The van der Waals surface area contributed by atoms with Gasteiger partial charge in [-0.1, -0.05) is 17.7 Å². The van der Waals surface area contributed by atoms with Gasteiger partial charge in [0.1, 0.15) is 0 Å². The van der Waals surface area contributed by atoms with Crippen LogP contribution in [-0.4, -0.2) is 23.4 Å². The molecular formula is C15H20N2O. The number of nitrogens with zero attached hydrogens (tertiary/aromatic N) is 2. The van der Waals surface area contributed by atoms with Crippen molar-refractivity contribution in [3.8, 4) is 6.07 Å². The quantitative estimate of drug-likeness (QED) is 0.817. The molecule has 3 heteroatoms. The van der Waals surface area contributed by atoms with Gasteiger partial charge in [0.25, 0.3) is 5.91 Å². The number of hydrogen-bond donors (Lipinski definition) is 0. The molecule has 0 aromatic heterocycles. The lowest BCUT2D eigenvalue weighted by Gasteiger charge is -2.26. The molecule has 96 valence electrons. The van der Waals surface area contributed by atoms with Crippen molar-refractivity contribution in [3.05, 3.63) is 34.9 Å². The minimum Gasteiger partial charge on any atom is -0.335 e. The van der Waals surface area contributed by atoms with Crippen molar-refractivity contribution < 1.29 is 4.79 Å². The highest BCUT2D eigenvalue weighted by Crippen LogP contribution is 2.15. The molecule has 0 saturated heterocycles. The standard InChI is InChI=1S/C15H20N2O/c1-11(2)17(9-5-8-16)15(18)14-10-12(3)6-7-13(14)4/h6-7,10-11H,5,9H2,1-4H3.